The van der Waals surface area contributed by atoms with Gasteiger partial charge in [0, 0.05) is 0 Å². The van der Waals surface area contributed by atoms with Crippen LogP contribution in [0.25, 0.3) is 21.9 Å². The second kappa shape index (κ2) is 6.33. The molecule has 116 valence electrons. The Morgan fingerprint density at radius 1 is 0.583 bits per heavy atom. The fourth-order valence-electron chi connectivity index (χ4n) is 3.21. The van der Waals surface area contributed by atoms with Crippen LogP contribution < -0.4 is 0 Å². The molecule has 0 aromatic heterocycles. The van der Waals surface area contributed by atoms with Crippen LogP contribution in [0.1, 0.15) is 16.7 Å². The highest BCUT2D eigenvalue weighted by molar-refractivity contribution is 5.87. The molecule has 0 saturated carbocycles. The summed E-state index contributed by atoms with van der Waals surface area (Å²) in [4.78, 5) is 0. The summed E-state index contributed by atoms with van der Waals surface area (Å²) in [6, 6.07) is 32.8. The summed E-state index contributed by atoms with van der Waals surface area (Å²) in [6.07, 6.45) is 0.991. The molecule has 0 heterocycles. The molecule has 0 radical (unpaired) electrons. The molecule has 0 N–H and O–H groups in total. The van der Waals surface area contributed by atoms with E-state index in [0.29, 0.717) is 0 Å². The minimum absolute atomic E-state index is 0.991. The van der Waals surface area contributed by atoms with Gasteiger partial charge in [-0.05, 0) is 58.0 Å². The van der Waals surface area contributed by atoms with Crippen molar-refractivity contribution in [3.05, 3.63) is 108 Å². The second-order valence-electron chi connectivity index (χ2n) is 6.36. The van der Waals surface area contributed by atoms with Crippen molar-refractivity contribution in [1.82, 2.24) is 0 Å². The number of hydrogen-bond acceptors (Lipinski definition) is 0. The van der Waals surface area contributed by atoms with E-state index in [2.05, 4.69) is 97.9 Å². The lowest BCUT2D eigenvalue weighted by atomic mass is 9.97. The SMILES string of the molecule is Cc1ccccc1Cc1ccc(-c2ccc3ccccc3c2)cc1. The van der Waals surface area contributed by atoms with Gasteiger partial charge in [0.25, 0.3) is 0 Å². The molecule has 4 aromatic rings. The monoisotopic (exact) mass is 308 g/mol. The van der Waals surface area contributed by atoms with Crippen molar-refractivity contribution in [2.24, 2.45) is 0 Å². The normalized spacial score (nSPS) is 10.9. The average Bonchev–Trinajstić information content (AvgIpc) is 2.64. The Morgan fingerprint density at radius 3 is 2.04 bits per heavy atom. The van der Waals surface area contributed by atoms with Crippen LogP contribution in [0.5, 0.6) is 0 Å². The van der Waals surface area contributed by atoms with Crippen LogP contribution >= 0.6 is 0 Å². The predicted molar refractivity (Wildman–Crippen MR) is 103 cm³/mol. The molecular formula is C24H20. The first-order valence-corrected chi connectivity index (χ1v) is 8.42. The van der Waals surface area contributed by atoms with Gasteiger partial charge in [-0.3, -0.25) is 0 Å². The summed E-state index contributed by atoms with van der Waals surface area (Å²) in [7, 11) is 0. The maximum atomic E-state index is 2.27. The topological polar surface area (TPSA) is 0 Å². The number of fused-ring (bicyclic) bond motifs is 1. The fraction of sp³-hybridized carbons (Fsp3) is 0.0833. The molecule has 0 aliphatic carbocycles. The zero-order valence-electron chi connectivity index (χ0n) is 13.9. The molecule has 0 heteroatoms. The molecule has 0 fully saturated rings. The van der Waals surface area contributed by atoms with E-state index in [1.807, 2.05) is 0 Å². The van der Waals surface area contributed by atoms with Crippen molar-refractivity contribution in [1.29, 1.82) is 0 Å². The Labute approximate surface area is 143 Å². The van der Waals surface area contributed by atoms with Gasteiger partial charge in [-0.15, -0.1) is 0 Å². The highest BCUT2D eigenvalue weighted by atomic mass is 14.1. The minimum atomic E-state index is 0.991. The summed E-state index contributed by atoms with van der Waals surface area (Å²) in [6.45, 7) is 2.18. The second-order valence-corrected chi connectivity index (χ2v) is 6.36. The van der Waals surface area contributed by atoms with Gasteiger partial charge in [0.1, 0.15) is 0 Å². The molecule has 4 aromatic carbocycles. The van der Waals surface area contributed by atoms with E-state index >= 15 is 0 Å². The van der Waals surface area contributed by atoms with E-state index in [1.54, 1.807) is 0 Å². The maximum absolute atomic E-state index is 2.27. The van der Waals surface area contributed by atoms with Gasteiger partial charge in [0.05, 0.1) is 0 Å². The number of benzene rings is 4. The van der Waals surface area contributed by atoms with Crippen molar-refractivity contribution >= 4 is 10.8 Å². The molecule has 0 aliphatic heterocycles. The lowest BCUT2D eigenvalue weighted by Crippen LogP contribution is -1.91. The van der Waals surface area contributed by atoms with Gasteiger partial charge >= 0.3 is 0 Å². The Kier molecular flexibility index (Phi) is 3.88. The standard InChI is InChI=1S/C24H20/c1-18-6-2-3-8-22(18)16-19-10-12-21(13-11-19)24-15-14-20-7-4-5-9-23(20)17-24/h2-15,17H,16H2,1H3. The van der Waals surface area contributed by atoms with Crippen LogP contribution in [0.3, 0.4) is 0 Å². The first-order chi connectivity index (χ1) is 11.8. The first kappa shape index (κ1) is 14.7. The largest absolute Gasteiger partial charge is 0.0620 e. The molecule has 0 saturated heterocycles. The summed E-state index contributed by atoms with van der Waals surface area (Å²) in [5, 5.41) is 2.58. The summed E-state index contributed by atoms with van der Waals surface area (Å²) < 4.78 is 0. The van der Waals surface area contributed by atoms with E-state index in [4.69, 9.17) is 0 Å². The Hall–Kier alpha value is -2.86. The van der Waals surface area contributed by atoms with Crippen LogP contribution in [0.4, 0.5) is 0 Å². The van der Waals surface area contributed by atoms with Gasteiger partial charge in [-0.1, -0.05) is 84.9 Å². The Bertz CT molecular complexity index is 978. The molecular weight excluding hydrogens is 288 g/mol. The van der Waals surface area contributed by atoms with Gasteiger partial charge < -0.3 is 0 Å². The third-order valence-electron chi connectivity index (χ3n) is 4.69. The molecule has 0 nitrogen and oxygen atoms in total. The van der Waals surface area contributed by atoms with Crippen LogP contribution in [0, 0.1) is 6.92 Å². The fourth-order valence-corrected chi connectivity index (χ4v) is 3.21. The highest BCUT2D eigenvalue weighted by Gasteiger charge is 2.02. The van der Waals surface area contributed by atoms with E-state index in [9.17, 15) is 0 Å². The Balaban J connectivity index is 1.62. The average molecular weight is 308 g/mol. The molecule has 0 unspecified atom stereocenters. The van der Waals surface area contributed by atoms with Crippen LogP contribution in [-0.2, 0) is 6.42 Å². The van der Waals surface area contributed by atoms with E-state index in [1.165, 1.54) is 38.6 Å². The lowest BCUT2D eigenvalue weighted by Gasteiger charge is -2.08. The van der Waals surface area contributed by atoms with Crippen molar-refractivity contribution in [3.63, 3.8) is 0 Å². The quantitative estimate of drug-likeness (QED) is 0.410. The molecule has 24 heavy (non-hydrogen) atoms. The Morgan fingerprint density at radius 2 is 1.25 bits per heavy atom. The zero-order valence-corrected chi connectivity index (χ0v) is 13.9. The highest BCUT2D eigenvalue weighted by Crippen LogP contribution is 2.25. The van der Waals surface area contributed by atoms with Crippen molar-refractivity contribution in [3.8, 4) is 11.1 Å². The van der Waals surface area contributed by atoms with Crippen LogP contribution in [-0.4, -0.2) is 0 Å². The maximum Gasteiger partial charge on any atom is -0.00231 e. The molecule has 0 bridgehead atoms. The summed E-state index contributed by atoms with van der Waals surface area (Å²) >= 11 is 0. The van der Waals surface area contributed by atoms with Crippen molar-refractivity contribution in [2.45, 2.75) is 13.3 Å². The van der Waals surface area contributed by atoms with Gasteiger partial charge in [-0.2, -0.15) is 0 Å². The number of aryl methyl sites for hydroxylation is 1. The van der Waals surface area contributed by atoms with Gasteiger partial charge in [0.15, 0.2) is 0 Å². The van der Waals surface area contributed by atoms with Crippen LogP contribution in [0.2, 0.25) is 0 Å². The third-order valence-corrected chi connectivity index (χ3v) is 4.69. The molecule has 0 atom stereocenters. The van der Waals surface area contributed by atoms with Gasteiger partial charge in [0.2, 0.25) is 0 Å². The van der Waals surface area contributed by atoms with E-state index in [0.717, 1.165) is 6.42 Å². The molecule has 0 spiro atoms. The molecule has 0 aliphatic rings. The minimum Gasteiger partial charge on any atom is -0.0620 e. The molecule has 4 rings (SSSR count). The van der Waals surface area contributed by atoms with E-state index < -0.39 is 0 Å². The third kappa shape index (κ3) is 2.96. The number of rotatable bonds is 3. The summed E-state index contributed by atoms with van der Waals surface area (Å²) in [5.74, 6) is 0. The van der Waals surface area contributed by atoms with Crippen molar-refractivity contribution in [2.75, 3.05) is 0 Å². The van der Waals surface area contributed by atoms with Crippen LogP contribution in [0.15, 0.2) is 91.0 Å². The summed E-state index contributed by atoms with van der Waals surface area (Å²) in [5.41, 5.74) is 6.66. The first-order valence-electron chi connectivity index (χ1n) is 8.42. The number of hydrogen-bond donors (Lipinski definition) is 0. The zero-order chi connectivity index (χ0) is 16.4. The van der Waals surface area contributed by atoms with Crippen molar-refractivity contribution < 1.29 is 0 Å². The predicted octanol–water partition coefficient (Wildman–Crippen LogP) is 6.41. The van der Waals surface area contributed by atoms with Gasteiger partial charge in [-0.25, -0.2) is 0 Å². The van der Waals surface area contributed by atoms with E-state index in [-0.39, 0.29) is 0 Å². The smallest absolute Gasteiger partial charge is 0.00231 e. The lowest BCUT2D eigenvalue weighted by molar-refractivity contribution is 1.16. The molecule has 0 amide bonds.